The fraction of sp³-hybridized carbons (Fsp3) is 0.308. The second-order valence-electron chi connectivity index (χ2n) is 4.15. The van der Waals surface area contributed by atoms with Crippen LogP contribution < -0.4 is 5.32 Å². The lowest BCUT2D eigenvalue weighted by Gasteiger charge is -2.10. The normalized spacial score (nSPS) is 10.4. The zero-order valence-electron chi connectivity index (χ0n) is 10.6. The van der Waals surface area contributed by atoms with Crippen molar-refractivity contribution in [2.45, 2.75) is 20.8 Å². The molecule has 0 radical (unpaired) electrons. The van der Waals surface area contributed by atoms with Crippen molar-refractivity contribution >= 4 is 5.82 Å². The molecule has 0 spiro atoms. The summed E-state index contributed by atoms with van der Waals surface area (Å²) >= 11 is 0. The number of hydrogen-bond donors (Lipinski definition) is 1. The van der Waals surface area contributed by atoms with E-state index in [-0.39, 0.29) is 0 Å². The molecule has 4 nitrogen and oxygen atoms in total. The lowest BCUT2D eigenvalue weighted by Crippen LogP contribution is -2.02. The van der Waals surface area contributed by atoms with Crippen LogP contribution in [0, 0.1) is 20.8 Å². The predicted molar refractivity (Wildman–Crippen MR) is 69.0 cm³/mol. The van der Waals surface area contributed by atoms with Crippen LogP contribution in [0.1, 0.15) is 16.7 Å². The van der Waals surface area contributed by atoms with E-state index in [2.05, 4.69) is 33.5 Å². The summed E-state index contributed by atoms with van der Waals surface area (Å²) in [4.78, 5) is 4.19. The standard InChI is InChI=1S/C13H16N4/c1-8-5-11(7-15-6-8)12-9(2)10(3)13(14-4)17-16-12/h5-7H,1-4H3,(H,14,17). The topological polar surface area (TPSA) is 50.7 Å². The van der Waals surface area contributed by atoms with E-state index < -0.39 is 0 Å². The molecule has 1 N–H and O–H groups in total. The summed E-state index contributed by atoms with van der Waals surface area (Å²) < 4.78 is 0. The number of nitrogens with zero attached hydrogens (tertiary/aromatic N) is 3. The van der Waals surface area contributed by atoms with Crippen LogP contribution >= 0.6 is 0 Å². The fourth-order valence-corrected chi connectivity index (χ4v) is 1.80. The highest BCUT2D eigenvalue weighted by molar-refractivity contribution is 5.66. The molecule has 0 aliphatic rings. The molecular weight excluding hydrogens is 212 g/mol. The Bertz CT molecular complexity index is 549. The second-order valence-corrected chi connectivity index (χ2v) is 4.15. The van der Waals surface area contributed by atoms with Crippen molar-refractivity contribution in [2.24, 2.45) is 0 Å². The zero-order valence-corrected chi connectivity index (χ0v) is 10.6. The highest BCUT2D eigenvalue weighted by Crippen LogP contribution is 2.25. The summed E-state index contributed by atoms with van der Waals surface area (Å²) in [6, 6.07) is 2.07. The van der Waals surface area contributed by atoms with Crippen LogP contribution in [0.4, 0.5) is 5.82 Å². The smallest absolute Gasteiger partial charge is 0.151 e. The number of aromatic nitrogens is 3. The van der Waals surface area contributed by atoms with Gasteiger partial charge in [0, 0.05) is 25.0 Å². The number of aryl methyl sites for hydroxylation is 1. The lowest BCUT2D eigenvalue weighted by atomic mass is 10.0. The molecule has 0 aromatic carbocycles. The Morgan fingerprint density at radius 2 is 1.76 bits per heavy atom. The van der Waals surface area contributed by atoms with Crippen LogP contribution in [0.15, 0.2) is 18.5 Å². The summed E-state index contributed by atoms with van der Waals surface area (Å²) in [7, 11) is 1.85. The van der Waals surface area contributed by atoms with Crippen molar-refractivity contribution in [2.75, 3.05) is 12.4 Å². The van der Waals surface area contributed by atoms with Gasteiger partial charge in [0.05, 0.1) is 5.69 Å². The summed E-state index contributed by atoms with van der Waals surface area (Å²) in [6.45, 7) is 6.12. The van der Waals surface area contributed by atoms with Crippen LogP contribution in [0.3, 0.4) is 0 Å². The molecule has 17 heavy (non-hydrogen) atoms. The molecule has 2 rings (SSSR count). The summed E-state index contributed by atoms with van der Waals surface area (Å²) in [6.07, 6.45) is 3.66. The van der Waals surface area contributed by atoms with Gasteiger partial charge in [-0.15, -0.1) is 10.2 Å². The van der Waals surface area contributed by atoms with E-state index in [9.17, 15) is 0 Å². The van der Waals surface area contributed by atoms with E-state index in [1.54, 1.807) is 0 Å². The molecule has 4 heteroatoms. The van der Waals surface area contributed by atoms with Gasteiger partial charge < -0.3 is 5.32 Å². The quantitative estimate of drug-likeness (QED) is 0.858. The van der Waals surface area contributed by atoms with Gasteiger partial charge in [-0.1, -0.05) is 0 Å². The molecule has 0 aliphatic carbocycles. The van der Waals surface area contributed by atoms with Gasteiger partial charge in [-0.2, -0.15) is 0 Å². The molecule has 0 amide bonds. The van der Waals surface area contributed by atoms with Gasteiger partial charge in [0.2, 0.25) is 0 Å². The average molecular weight is 228 g/mol. The van der Waals surface area contributed by atoms with Crippen molar-refractivity contribution in [3.63, 3.8) is 0 Å². The van der Waals surface area contributed by atoms with E-state index in [4.69, 9.17) is 0 Å². The summed E-state index contributed by atoms with van der Waals surface area (Å²) in [5.74, 6) is 0.826. The number of rotatable bonds is 2. The van der Waals surface area contributed by atoms with E-state index >= 15 is 0 Å². The van der Waals surface area contributed by atoms with Gasteiger partial charge in [0.25, 0.3) is 0 Å². The van der Waals surface area contributed by atoms with E-state index in [0.717, 1.165) is 33.8 Å². The number of hydrogen-bond acceptors (Lipinski definition) is 4. The molecule has 0 aliphatic heterocycles. The van der Waals surface area contributed by atoms with Crippen molar-refractivity contribution < 1.29 is 0 Å². The molecule has 0 saturated heterocycles. The van der Waals surface area contributed by atoms with Crippen LogP contribution in [0.25, 0.3) is 11.3 Å². The average Bonchev–Trinajstić information content (AvgIpc) is 2.32. The fourth-order valence-electron chi connectivity index (χ4n) is 1.80. The van der Waals surface area contributed by atoms with Gasteiger partial charge in [-0.05, 0) is 43.5 Å². The molecule has 0 atom stereocenters. The van der Waals surface area contributed by atoms with Gasteiger partial charge in [0.1, 0.15) is 0 Å². The Hall–Kier alpha value is -1.97. The van der Waals surface area contributed by atoms with E-state index in [1.165, 1.54) is 0 Å². The highest BCUT2D eigenvalue weighted by atomic mass is 15.2. The van der Waals surface area contributed by atoms with Gasteiger partial charge in [-0.3, -0.25) is 4.98 Å². The van der Waals surface area contributed by atoms with Gasteiger partial charge >= 0.3 is 0 Å². The largest absolute Gasteiger partial charge is 0.371 e. The van der Waals surface area contributed by atoms with Crippen LogP contribution in [0.2, 0.25) is 0 Å². The molecule has 2 heterocycles. The molecule has 0 bridgehead atoms. The van der Waals surface area contributed by atoms with Crippen molar-refractivity contribution in [1.29, 1.82) is 0 Å². The Kier molecular flexibility index (Phi) is 3.04. The van der Waals surface area contributed by atoms with Crippen molar-refractivity contribution in [3.05, 3.63) is 35.2 Å². The van der Waals surface area contributed by atoms with Gasteiger partial charge in [-0.25, -0.2) is 0 Å². The third-order valence-electron chi connectivity index (χ3n) is 2.91. The summed E-state index contributed by atoms with van der Waals surface area (Å²) in [5.41, 5.74) is 5.30. The number of anilines is 1. The number of nitrogens with one attached hydrogen (secondary N) is 1. The monoisotopic (exact) mass is 228 g/mol. The van der Waals surface area contributed by atoms with E-state index in [1.807, 2.05) is 33.3 Å². The van der Waals surface area contributed by atoms with E-state index in [0.29, 0.717) is 0 Å². The Morgan fingerprint density at radius 3 is 2.41 bits per heavy atom. The predicted octanol–water partition coefficient (Wildman–Crippen LogP) is 2.51. The summed E-state index contributed by atoms with van der Waals surface area (Å²) in [5, 5.41) is 11.5. The first-order valence-corrected chi connectivity index (χ1v) is 5.57. The maximum atomic E-state index is 4.27. The minimum atomic E-state index is 0.826. The van der Waals surface area contributed by atoms with Crippen LogP contribution in [-0.2, 0) is 0 Å². The molecule has 2 aromatic rings. The lowest BCUT2D eigenvalue weighted by molar-refractivity contribution is 1.00. The molecule has 0 saturated carbocycles. The molecule has 0 unspecified atom stereocenters. The Labute approximate surface area is 101 Å². The first-order chi connectivity index (χ1) is 8.13. The molecular formula is C13H16N4. The second kappa shape index (κ2) is 4.49. The molecule has 0 fully saturated rings. The Morgan fingerprint density at radius 1 is 1.00 bits per heavy atom. The third-order valence-corrected chi connectivity index (χ3v) is 2.91. The zero-order chi connectivity index (χ0) is 12.4. The molecule has 88 valence electrons. The SMILES string of the molecule is CNc1nnc(-c2cncc(C)c2)c(C)c1C. The van der Waals surface area contributed by atoms with Crippen molar-refractivity contribution in [1.82, 2.24) is 15.2 Å². The Balaban J connectivity index is 2.57. The maximum Gasteiger partial charge on any atom is 0.151 e. The third kappa shape index (κ3) is 2.11. The first kappa shape index (κ1) is 11.5. The first-order valence-electron chi connectivity index (χ1n) is 5.57. The van der Waals surface area contributed by atoms with Gasteiger partial charge in [0.15, 0.2) is 5.82 Å². The minimum absolute atomic E-state index is 0.826. The maximum absolute atomic E-state index is 4.27. The molecule has 2 aromatic heterocycles. The van der Waals surface area contributed by atoms with Crippen LogP contribution in [0.5, 0.6) is 0 Å². The van der Waals surface area contributed by atoms with Crippen molar-refractivity contribution in [3.8, 4) is 11.3 Å². The van der Waals surface area contributed by atoms with Crippen LogP contribution in [-0.4, -0.2) is 22.2 Å². The highest BCUT2D eigenvalue weighted by Gasteiger charge is 2.10. The number of pyridine rings is 1. The minimum Gasteiger partial charge on any atom is -0.371 e.